The van der Waals surface area contributed by atoms with Gasteiger partial charge in [-0.3, -0.25) is 4.98 Å². The topological polar surface area (TPSA) is 31.4 Å². The van der Waals surface area contributed by atoms with Gasteiger partial charge in [-0.05, 0) is 93.0 Å². The monoisotopic (exact) mass is 454 g/mol. The maximum atomic E-state index is 5.88. The Labute approximate surface area is 202 Å². The van der Waals surface area contributed by atoms with E-state index in [1.165, 1.54) is 28.0 Å². The quantitative estimate of drug-likeness (QED) is 0.476. The molecule has 3 aromatic rings. The van der Waals surface area contributed by atoms with Crippen LogP contribution in [0.4, 0.5) is 11.4 Å². The first kappa shape index (κ1) is 21.7. The third kappa shape index (κ3) is 3.70. The number of hydrogen-bond acceptors (Lipinski definition) is 3. The first-order valence-corrected chi connectivity index (χ1v) is 11.8. The summed E-state index contributed by atoms with van der Waals surface area (Å²) in [6, 6.07) is 21.4. The zero-order chi connectivity index (χ0) is 23.3. The van der Waals surface area contributed by atoms with E-state index in [9.17, 15) is 0 Å². The van der Waals surface area contributed by atoms with Crippen molar-refractivity contribution >= 4 is 34.3 Å². The number of aromatic nitrogens is 1. The molecule has 0 amide bonds. The molecule has 2 aliphatic rings. The maximum absolute atomic E-state index is 5.88. The molecule has 1 aromatic heterocycles. The van der Waals surface area contributed by atoms with Gasteiger partial charge in [0.25, 0.3) is 0 Å². The van der Waals surface area contributed by atoms with E-state index in [1.807, 2.05) is 18.3 Å². The molecule has 0 radical (unpaired) electrons. The van der Waals surface area contributed by atoms with Crippen LogP contribution in [0, 0.1) is 6.92 Å². The van der Waals surface area contributed by atoms with Crippen molar-refractivity contribution in [3.05, 3.63) is 95.3 Å². The molecule has 1 saturated heterocycles. The number of anilines is 2. The van der Waals surface area contributed by atoms with Gasteiger partial charge in [0, 0.05) is 30.2 Å². The molecular weight excluding hydrogens is 424 g/mol. The lowest BCUT2D eigenvalue weighted by atomic mass is 9.86. The van der Waals surface area contributed by atoms with E-state index < -0.39 is 0 Å². The van der Waals surface area contributed by atoms with E-state index in [0.717, 1.165) is 16.5 Å². The Bertz CT molecular complexity index is 1250. The predicted molar refractivity (Wildman–Crippen MR) is 142 cm³/mol. The second kappa shape index (κ2) is 7.99. The standard InChI is InChI=1S/C28H30N4S/c1-18-9-8-10-21(15-18)32-26(25(30-27(32)33)23-11-6-7-14-29-23)20-12-13-24-22(16-20)19(2)17-28(3,4)31(24)5/h6-17,25-26H,1-5H3,(H,30,33)/t25-,26-/m0/s1. The van der Waals surface area contributed by atoms with E-state index in [4.69, 9.17) is 12.2 Å². The van der Waals surface area contributed by atoms with Crippen molar-refractivity contribution in [1.29, 1.82) is 0 Å². The molecule has 1 fully saturated rings. The number of aryl methyl sites for hydroxylation is 1. The first-order valence-electron chi connectivity index (χ1n) is 11.4. The van der Waals surface area contributed by atoms with Crippen LogP contribution in [-0.4, -0.2) is 22.7 Å². The van der Waals surface area contributed by atoms with Gasteiger partial charge in [-0.15, -0.1) is 0 Å². The van der Waals surface area contributed by atoms with Gasteiger partial charge < -0.3 is 15.1 Å². The summed E-state index contributed by atoms with van der Waals surface area (Å²) in [6.45, 7) is 8.84. The van der Waals surface area contributed by atoms with E-state index in [0.29, 0.717) is 0 Å². The molecule has 0 bridgehead atoms. The number of allylic oxidation sites excluding steroid dienone is 1. The Morgan fingerprint density at radius 3 is 2.55 bits per heavy atom. The lowest BCUT2D eigenvalue weighted by molar-refractivity contribution is 0.566. The molecule has 0 spiro atoms. The number of thiocarbonyl (C=S) groups is 1. The summed E-state index contributed by atoms with van der Waals surface area (Å²) in [4.78, 5) is 9.28. The van der Waals surface area contributed by atoms with E-state index in [-0.39, 0.29) is 17.6 Å². The second-order valence-electron chi connectivity index (χ2n) is 9.65. The maximum Gasteiger partial charge on any atom is 0.174 e. The largest absolute Gasteiger partial charge is 0.366 e. The highest BCUT2D eigenvalue weighted by Gasteiger charge is 2.41. The normalized spacial score (nSPS) is 21.5. The zero-order valence-electron chi connectivity index (χ0n) is 19.8. The molecule has 1 N–H and O–H groups in total. The molecule has 5 heteroatoms. The number of fused-ring (bicyclic) bond motifs is 1. The summed E-state index contributed by atoms with van der Waals surface area (Å²) in [5.41, 5.74) is 8.34. The fourth-order valence-corrected chi connectivity index (χ4v) is 5.46. The van der Waals surface area contributed by atoms with Gasteiger partial charge in [-0.2, -0.15) is 0 Å². The number of hydrogen-bond donors (Lipinski definition) is 1. The van der Waals surface area contributed by atoms with Crippen molar-refractivity contribution in [2.24, 2.45) is 0 Å². The molecule has 33 heavy (non-hydrogen) atoms. The third-order valence-electron chi connectivity index (χ3n) is 6.96. The van der Waals surface area contributed by atoms with Gasteiger partial charge in [0.1, 0.15) is 0 Å². The van der Waals surface area contributed by atoms with Crippen LogP contribution in [0.5, 0.6) is 0 Å². The molecule has 0 aliphatic carbocycles. The van der Waals surface area contributed by atoms with Crippen LogP contribution in [0.2, 0.25) is 0 Å². The van der Waals surface area contributed by atoms with Gasteiger partial charge in [0.2, 0.25) is 0 Å². The summed E-state index contributed by atoms with van der Waals surface area (Å²) in [5, 5.41) is 4.30. The summed E-state index contributed by atoms with van der Waals surface area (Å²) < 4.78 is 0. The summed E-state index contributed by atoms with van der Waals surface area (Å²) >= 11 is 5.88. The van der Waals surface area contributed by atoms with Crippen molar-refractivity contribution < 1.29 is 0 Å². The first-order chi connectivity index (χ1) is 15.8. The van der Waals surface area contributed by atoms with Gasteiger partial charge in [-0.25, -0.2) is 0 Å². The molecular formula is C28H30N4S. The van der Waals surface area contributed by atoms with Crippen molar-refractivity contribution in [3.8, 4) is 0 Å². The molecule has 5 rings (SSSR count). The van der Waals surface area contributed by atoms with Crippen LogP contribution in [0.25, 0.3) is 5.57 Å². The lowest BCUT2D eigenvalue weighted by Crippen LogP contribution is -2.42. The molecule has 2 atom stereocenters. The highest BCUT2D eigenvalue weighted by atomic mass is 32.1. The Morgan fingerprint density at radius 2 is 1.82 bits per heavy atom. The molecule has 4 nitrogen and oxygen atoms in total. The van der Waals surface area contributed by atoms with Crippen LogP contribution in [0.1, 0.15) is 55.2 Å². The third-order valence-corrected chi connectivity index (χ3v) is 7.27. The molecule has 3 heterocycles. The van der Waals surface area contributed by atoms with Crippen molar-refractivity contribution in [2.45, 2.75) is 45.3 Å². The smallest absolute Gasteiger partial charge is 0.174 e. The van der Waals surface area contributed by atoms with Gasteiger partial charge in [0.05, 0.1) is 23.3 Å². The summed E-state index contributed by atoms with van der Waals surface area (Å²) in [6.07, 6.45) is 4.20. The molecule has 168 valence electrons. The Kier molecular flexibility index (Phi) is 5.25. The zero-order valence-corrected chi connectivity index (χ0v) is 20.6. The second-order valence-corrected chi connectivity index (χ2v) is 10.0. The predicted octanol–water partition coefficient (Wildman–Crippen LogP) is 6.20. The van der Waals surface area contributed by atoms with Crippen molar-refractivity contribution in [3.63, 3.8) is 0 Å². The molecule has 2 aliphatic heterocycles. The highest BCUT2D eigenvalue weighted by molar-refractivity contribution is 7.80. The number of benzene rings is 2. The average Bonchev–Trinajstić information content (AvgIpc) is 3.15. The number of likely N-dealkylation sites (N-methyl/N-ethyl adjacent to an activating group) is 1. The Balaban J connectivity index is 1.66. The molecule has 0 unspecified atom stereocenters. The minimum absolute atomic E-state index is 0.00690. The van der Waals surface area contributed by atoms with Crippen LogP contribution in [0.15, 0.2) is 72.9 Å². The van der Waals surface area contributed by atoms with Gasteiger partial charge in [0.15, 0.2) is 5.11 Å². The SMILES string of the molecule is CC1=CC(C)(C)N(C)c2ccc([C@H]3[C@H](c4ccccn4)NC(=S)N3c3cccc(C)c3)cc21. The Hall–Kier alpha value is -3.18. The van der Waals surface area contributed by atoms with E-state index in [2.05, 4.69) is 109 Å². The van der Waals surface area contributed by atoms with Crippen molar-refractivity contribution in [2.75, 3.05) is 16.8 Å². The Morgan fingerprint density at radius 1 is 1.00 bits per heavy atom. The number of nitrogens with zero attached hydrogens (tertiary/aromatic N) is 3. The van der Waals surface area contributed by atoms with Gasteiger partial charge in [-0.1, -0.05) is 30.3 Å². The van der Waals surface area contributed by atoms with E-state index >= 15 is 0 Å². The van der Waals surface area contributed by atoms with Crippen LogP contribution < -0.4 is 15.1 Å². The summed E-state index contributed by atoms with van der Waals surface area (Å²) in [5.74, 6) is 0. The van der Waals surface area contributed by atoms with Crippen LogP contribution in [-0.2, 0) is 0 Å². The fourth-order valence-electron chi connectivity index (χ4n) is 5.11. The minimum Gasteiger partial charge on any atom is -0.366 e. The van der Waals surface area contributed by atoms with Crippen LogP contribution in [0.3, 0.4) is 0 Å². The van der Waals surface area contributed by atoms with Crippen molar-refractivity contribution in [1.82, 2.24) is 10.3 Å². The number of rotatable bonds is 3. The lowest BCUT2D eigenvalue weighted by Gasteiger charge is -2.41. The van der Waals surface area contributed by atoms with Crippen LogP contribution >= 0.6 is 12.2 Å². The number of pyridine rings is 1. The van der Waals surface area contributed by atoms with E-state index in [1.54, 1.807) is 0 Å². The highest BCUT2D eigenvalue weighted by Crippen LogP contribution is 2.45. The number of nitrogens with one attached hydrogen (secondary N) is 1. The average molecular weight is 455 g/mol. The minimum atomic E-state index is -0.0423. The summed E-state index contributed by atoms with van der Waals surface area (Å²) in [7, 11) is 2.17. The molecule has 2 aromatic carbocycles. The molecule has 0 saturated carbocycles. The van der Waals surface area contributed by atoms with Gasteiger partial charge >= 0.3 is 0 Å². The fraction of sp³-hybridized carbons (Fsp3) is 0.286.